The SMILES string of the molecule is NCCc1cnc(N2CCCc3ccccc32)nc1. The summed E-state index contributed by atoms with van der Waals surface area (Å²) in [6.45, 7) is 1.61. The Labute approximate surface area is 113 Å². The molecule has 2 N–H and O–H groups in total. The van der Waals surface area contributed by atoms with Crippen LogP contribution in [0.3, 0.4) is 0 Å². The molecule has 0 amide bonds. The number of aryl methyl sites for hydroxylation is 1. The van der Waals surface area contributed by atoms with Crippen LogP contribution in [0.15, 0.2) is 36.7 Å². The summed E-state index contributed by atoms with van der Waals surface area (Å²) in [5.74, 6) is 0.785. The lowest BCUT2D eigenvalue weighted by Crippen LogP contribution is -2.26. The number of anilines is 2. The van der Waals surface area contributed by atoms with Gasteiger partial charge in [0.05, 0.1) is 0 Å². The fourth-order valence-electron chi connectivity index (χ4n) is 2.52. The summed E-state index contributed by atoms with van der Waals surface area (Å²) < 4.78 is 0. The lowest BCUT2D eigenvalue weighted by molar-refractivity contribution is 0.748. The van der Waals surface area contributed by atoms with Crippen molar-refractivity contribution in [2.75, 3.05) is 18.0 Å². The van der Waals surface area contributed by atoms with Crippen LogP contribution >= 0.6 is 0 Å². The van der Waals surface area contributed by atoms with Gasteiger partial charge in [0.1, 0.15) is 0 Å². The van der Waals surface area contributed by atoms with Crippen LogP contribution in [-0.2, 0) is 12.8 Å². The fraction of sp³-hybridized carbons (Fsp3) is 0.333. The molecule has 4 heteroatoms. The maximum absolute atomic E-state index is 5.54. The van der Waals surface area contributed by atoms with Crippen molar-refractivity contribution in [1.82, 2.24) is 9.97 Å². The number of fused-ring (bicyclic) bond motifs is 1. The van der Waals surface area contributed by atoms with E-state index < -0.39 is 0 Å². The molecule has 19 heavy (non-hydrogen) atoms. The first-order valence-electron chi connectivity index (χ1n) is 6.75. The number of benzene rings is 1. The van der Waals surface area contributed by atoms with E-state index in [-0.39, 0.29) is 0 Å². The molecule has 1 aliphatic rings. The molecular formula is C15H18N4. The van der Waals surface area contributed by atoms with Gasteiger partial charge in [0.15, 0.2) is 0 Å². The van der Waals surface area contributed by atoms with Gasteiger partial charge in [-0.05, 0) is 43.0 Å². The van der Waals surface area contributed by atoms with Gasteiger partial charge in [-0.15, -0.1) is 0 Å². The third kappa shape index (κ3) is 2.44. The van der Waals surface area contributed by atoms with Gasteiger partial charge in [-0.3, -0.25) is 0 Å². The van der Waals surface area contributed by atoms with Crippen LogP contribution in [0.1, 0.15) is 17.5 Å². The van der Waals surface area contributed by atoms with Crippen molar-refractivity contribution < 1.29 is 0 Å². The number of rotatable bonds is 3. The molecule has 0 saturated heterocycles. The summed E-state index contributed by atoms with van der Waals surface area (Å²) in [5, 5.41) is 0. The zero-order valence-corrected chi connectivity index (χ0v) is 10.9. The quantitative estimate of drug-likeness (QED) is 0.911. The van der Waals surface area contributed by atoms with E-state index >= 15 is 0 Å². The molecular weight excluding hydrogens is 236 g/mol. The lowest BCUT2D eigenvalue weighted by atomic mass is 10.0. The summed E-state index contributed by atoms with van der Waals surface area (Å²) in [6, 6.07) is 8.49. The number of nitrogens with two attached hydrogens (primary N) is 1. The van der Waals surface area contributed by atoms with Gasteiger partial charge >= 0.3 is 0 Å². The molecule has 0 aliphatic carbocycles. The molecule has 0 saturated carbocycles. The van der Waals surface area contributed by atoms with Gasteiger partial charge in [0.25, 0.3) is 0 Å². The molecule has 2 aromatic rings. The number of aromatic nitrogens is 2. The van der Waals surface area contributed by atoms with E-state index in [4.69, 9.17) is 5.73 Å². The topological polar surface area (TPSA) is 55.0 Å². The predicted octanol–water partition coefficient (Wildman–Crippen LogP) is 2.06. The normalized spacial score (nSPS) is 14.3. The Morgan fingerprint density at radius 1 is 1.16 bits per heavy atom. The predicted molar refractivity (Wildman–Crippen MR) is 76.6 cm³/mol. The summed E-state index contributed by atoms with van der Waals surface area (Å²) in [4.78, 5) is 11.2. The number of hydrogen-bond acceptors (Lipinski definition) is 4. The lowest BCUT2D eigenvalue weighted by Gasteiger charge is -2.29. The van der Waals surface area contributed by atoms with E-state index in [9.17, 15) is 0 Å². The van der Waals surface area contributed by atoms with E-state index in [1.54, 1.807) is 0 Å². The maximum atomic E-state index is 5.54. The number of hydrogen-bond donors (Lipinski definition) is 1. The highest BCUT2D eigenvalue weighted by Crippen LogP contribution is 2.30. The first kappa shape index (κ1) is 12.1. The van der Waals surface area contributed by atoms with Crippen LogP contribution in [0.2, 0.25) is 0 Å². The minimum absolute atomic E-state index is 0.634. The molecule has 98 valence electrons. The average molecular weight is 254 g/mol. The minimum Gasteiger partial charge on any atom is -0.330 e. The molecule has 2 heterocycles. The standard InChI is InChI=1S/C15H18N4/c16-8-7-12-10-17-15(18-11-12)19-9-3-5-13-4-1-2-6-14(13)19/h1-2,4,6,10-11H,3,5,7-9,16H2. The van der Waals surface area contributed by atoms with E-state index in [0.717, 1.165) is 37.3 Å². The minimum atomic E-state index is 0.634. The van der Waals surface area contributed by atoms with Crippen molar-refractivity contribution in [3.63, 3.8) is 0 Å². The molecule has 1 aromatic carbocycles. The first-order valence-corrected chi connectivity index (χ1v) is 6.75. The summed E-state index contributed by atoms with van der Waals surface area (Å²) in [7, 11) is 0. The molecule has 1 aromatic heterocycles. The second-order valence-electron chi connectivity index (χ2n) is 4.81. The van der Waals surface area contributed by atoms with Gasteiger partial charge in [0.2, 0.25) is 5.95 Å². The van der Waals surface area contributed by atoms with Crippen molar-refractivity contribution in [2.45, 2.75) is 19.3 Å². The number of nitrogens with zero attached hydrogens (tertiary/aromatic N) is 3. The maximum Gasteiger partial charge on any atom is 0.229 e. The molecule has 0 bridgehead atoms. The van der Waals surface area contributed by atoms with Crippen molar-refractivity contribution in [3.8, 4) is 0 Å². The molecule has 1 aliphatic heterocycles. The van der Waals surface area contributed by atoms with Gasteiger partial charge in [-0.1, -0.05) is 18.2 Å². The Morgan fingerprint density at radius 2 is 1.95 bits per heavy atom. The highest BCUT2D eigenvalue weighted by Gasteiger charge is 2.19. The monoisotopic (exact) mass is 254 g/mol. The van der Waals surface area contributed by atoms with Crippen LogP contribution in [0.25, 0.3) is 0 Å². The second-order valence-corrected chi connectivity index (χ2v) is 4.81. The number of para-hydroxylation sites is 1. The zero-order valence-electron chi connectivity index (χ0n) is 10.9. The zero-order chi connectivity index (χ0) is 13.1. The average Bonchev–Trinajstić information content (AvgIpc) is 2.48. The Kier molecular flexibility index (Phi) is 3.42. The van der Waals surface area contributed by atoms with Crippen LogP contribution in [0.5, 0.6) is 0 Å². The Balaban J connectivity index is 1.90. The van der Waals surface area contributed by atoms with Crippen LogP contribution < -0.4 is 10.6 Å². The van der Waals surface area contributed by atoms with E-state index in [2.05, 4.69) is 39.1 Å². The third-order valence-corrected chi connectivity index (χ3v) is 3.48. The summed E-state index contributed by atoms with van der Waals surface area (Å²) >= 11 is 0. The third-order valence-electron chi connectivity index (χ3n) is 3.48. The highest BCUT2D eigenvalue weighted by atomic mass is 15.3. The van der Waals surface area contributed by atoms with Crippen molar-refractivity contribution >= 4 is 11.6 Å². The summed E-state index contributed by atoms with van der Waals surface area (Å²) in [5.41, 5.74) is 9.25. The Morgan fingerprint density at radius 3 is 2.74 bits per heavy atom. The smallest absolute Gasteiger partial charge is 0.229 e. The van der Waals surface area contributed by atoms with Crippen molar-refractivity contribution in [3.05, 3.63) is 47.8 Å². The van der Waals surface area contributed by atoms with Crippen LogP contribution in [0.4, 0.5) is 11.6 Å². The molecule has 0 radical (unpaired) electrons. The van der Waals surface area contributed by atoms with Gasteiger partial charge < -0.3 is 10.6 Å². The van der Waals surface area contributed by atoms with Crippen molar-refractivity contribution in [2.24, 2.45) is 5.73 Å². The Bertz CT molecular complexity index is 550. The van der Waals surface area contributed by atoms with Gasteiger partial charge in [-0.25, -0.2) is 9.97 Å². The first-order chi connectivity index (χ1) is 9.38. The largest absolute Gasteiger partial charge is 0.330 e. The molecule has 0 spiro atoms. The van der Waals surface area contributed by atoms with Gasteiger partial charge in [-0.2, -0.15) is 0 Å². The highest BCUT2D eigenvalue weighted by molar-refractivity contribution is 5.63. The van der Waals surface area contributed by atoms with Crippen LogP contribution in [-0.4, -0.2) is 23.1 Å². The molecule has 0 unspecified atom stereocenters. The van der Waals surface area contributed by atoms with Gasteiger partial charge in [0, 0.05) is 24.6 Å². The molecule has 0 fully saturated rings. The second kappa shape index (κ2) is 5.36. The Hall–Kier alpha value is -1.94. The molecule has 3 rings (SSSR count). The van der Waals surface area contributed by atoms with Crippen molar-refractivity contribution in [1.29, 1.82) is 0 Å². The molecule has 0 atom stereocenters. The fourth-order valence-corrected chi connectivity index (χ4v) is 2.52. The van der Waals surface area contributed by atoms with E-state index in [1.807, 2.05) is 12.4 Å². The molecule has 4 nitrogen and oxygen atoms in total. The van der Waals surface area contributed by atoms with E-state index in [1.165, 1.54) is 11.3 Å². The van der Waals surface area contributed by atoms with Crippen LogP contribution in [0, 0.1) is 0 Å². The van der Waals surface area contributed by atoms with E-state index in [0.29, 0.717) is 6.54 Å². The summed E-state index contributed by atoms with van der Waals surface area (Å²) in [6.07, 6.45) is 6.87.